The minimum Gasteiger partial charge on any atom is -0.313 e. The lowest BCUT2D eigenvalue weighted by Gasteiger charge is -2.13. The van der Waals surface area contributed by atoms with Gasteiger partial charge in [0.1, 0.15) is 0 Å². The highest BCUT2D eigenvalue weighted by molar-refractivity contribution is 7.98. The summed E-state index contributed by atoms with van der Waals surface area (Å²) in [4.78, 5) is 1.21. The average Bonchev–Trinajstić information content (AvgIpc) is 2.44. The molecule has 0 aromatic heterocycles. The van der Waals surface area contributed by atoms with Crippen molar-refractivity contribution in [2.75, 3.05) is 7.05 Å². The van der Waals surface area contributed by atoms with E-state index in [-0.39, 0.29) is 6.04 Å². The van der Waals surface area contributed by atoms with E-state index < -0.39 is 0 Å². The van der Waals surface area contributed by atoms with Gasteiger partial charge in [-0.2, -0.15) is 0 Å². The van der Waals surface area contributed by atoms with E-state index in [2.05, 4.69) is 61.6 Å². The molecule has 0 bridgehead atoms. The molecule has 0 radical (unpaired) electrons. The molecular formula is C17H20ClNS. The Balaban J connectivity index is 2.05. The molecule has 0 saturated heterocycles. The summed E-state index contributed by atoms with van der Waals surface area (Å²) in [6.45, 7) is 4.24. The lowest BCUT2D eigenvalue weighted by atomic mass is 10.1. The molecule has 2 rings (SSSR count). The van der Waals surface area contributed by atoms with E-state index >= 15 is 0 Å². The van der Waals surface area contributed by atoms with Gasteiger partial charge in [-0.25, -0.2) is 0 Å². The molecule has 0 fully saturated rings. The molecule has 0 saturated carbocycles. The van der Waals surface area contributed by atoms with Gasteiger partial charge in [0.2, 0.25) is 0 Å². The van der Waals surface area contributed by atoms with Crippen LogP contribution in [0.1, 0.15) is 29.7 Å². The predicted octanol–water partition coefficient (Wildman–Crippen LogP) is 5.22. The van der Waals surface area contributed by atoms with E-state index in [0.717, 1.165) is 16.3 Å². The fourth-order valence-electron chi connectivity index (χ4n) is 2.07. The van der Waals surface area contributed by atoms with Crippen LogP contribution in [-0.2, 0) is 5.75 Å². The van der Waals surface area contributed by atoms with Gasteiger partial charge in [-0.3, -0.25) is 0 Å². The van der Waals surface area contributed by atoms with Crippen LogP contribution < -0.4 is 5.32 Å². The first kappa shape index (κ1) is 15.4. The molecule has 1 nitrogen and oxygen atoms in total. The second kappa shape index (κ2) is 7.16. The molecule has 3 heteroatoms. The van der Waals surface area contributed by atoms with E-state index in [9.17, 15) is 0 Å². The van der Waals surface area contributed by atoms with Gasteiger partial charge in [-0.05, 0) is 44.2 Å². The molecule has 1 N–H and O–H groups in total. The number of hydrogen-bond donors (Lipinski definition) is 1. The molecule has 20 heavy (non-hydrogen) atoms. The normalized spacial score (nSPS) is 12.4. The predicted molar refractivity (Wildman–Crippen MR) is 89.7 cm³/mol. The molecule has 0 heterocycles. The van der Waals surface area contributed by atoms with E-state index in [0.29, 0.717) is 0 Å². The zero-order valence-corrected chi connectivity index (χ0v) is 13.7. The topological polar surface area (TPSA) is 12.0 Å². The summed E-state index contributed by atoms with van der Waals surface area (Å²) in [7, 11) is 1.95. The van der Waals surface area contributed by atoms with Crippen molar-refractivity contribution >= 4 is 23.4 Å². The van der Waals surface area contributed by atoms with Gasteiger partial charge in [0.25, 0.3) is 0 Å². The first-order valence-electron chi connectivity index (χ1n) is 6.75. The van der Waals surface area contributed by atoms with Crippen LogP contribution in [0.3, 0.4) is 0 Å². The van der Waals surface area contributed by atoms with Crippen LogP contribution in [-0.4, -0.2) is 7.05 Å². The van der Waals surface area contributed by atoms with Crippen molar-refractivity contribution in [1.29, 1.82) is 0 Å². The number of thioether (sulfide) groups is 1. The second-order valence-corrected chi connectivity index (χ2v) is 6.43. The number of halogens is 1. The summed E-state index contributed by atoms with van der Waals surface area (Å²) >= 11 is 8.18. The maximum atomic E-state index is 6.36. The molecule has 0 aliphatic heterocycles. The third-order valence-electron chi connectivity index (χ3n) is 3.36. The minimum absolute atomic E-state index is 0.276. The fourth-order valence-corrected chi connectivity index (χ4v) is 3.36. The molecule has 0 amide bonds. The van der Waals surface area contributed by atoms with Crippen LogP contribution in [0.5, 0.6) is 0 Å². The van der Waals surface area contributed by atoms with Crippen LogP contribution in [0.4, 0.5) is 0 Å². The number of benzene rings is 2. The Labute approximate surface area is 130 Å². The third-order valence-corrected chi connectivity index (χ3v) is 4.75. The van der Waals surface area contributed by atoms with Crippen molar-refractivity contribution in [3.8, 4) is 0 Å². The summed E-state index contributed by atoms with van der Waals surface area (Å²) in [5, 5.41) is 4.05. The van der Waals surface area contributed by atoms with Crippen molar-refractivity contribution in [3.05, 3.63) is 64.2 Å². The van der Waals surface area contributed by atoms with E-state index in [1.165, 1.54) is 16.0 Å². The summed E-state index contributed by atoms with van der Waals surface area (Å²) in [6, 6.07) is 15.2. The Bertz CT molecular complexity index is 583. The molecule has 106 valence electrons. The van der Waals surface area contributed by atoms with Crippen LogP contribution in [0.25, 0.3) is 0 Å². The van der Waals surface area contributed by atoms with E-state index in [4.69, 9.17) is 11.6 Å². The van der Waals surface area contributed by atoms with Crippen LogP contribution in [0.2, 0.25) is 5.02 Å². The van der Waals surface area contributed by atoms with Gasteiger partial charge >= 0.3 is 0 Å². The highest BCUT2D eigenvalue weighted by atomic mass is 35.5. The quantitative estimate of drug-likeness (QED) is 0.760. The number of rotatable bonds is 5. The largest absolute Gasteiger partial charge is 0.313 e. The van der Waals surface area contributed by atoms with Crippen molar-refractivity contribution in [2.45, 2.75) is 30.5 Å². The number of hydrogen-bond acceptors (Lipinski definition) is 2. The van der Waals surface area contributed by atoms with E-state index in [1.807, 2.05) is 18.8 Å². The van der Waals surface area contributed by atoms with Crippen molar-refractivity contribution in [2.24, 2.45) is 0 Å². The lowest BCUT2D eigenvalue weighted by molar-refractivity contribution is 0.652. The monoisotopic (exact) mass is 305 g/mol. The van der Waals surface area contributed by atoms with Gasteiger partial charge in [0, 0.05) is 21.7 Å². The molecule has 0 aliphatic rings. The Kier molecular flexibility index (Phi) is 5.53. The summed E-state index contributed by atoms with van der Waals surface area (Å²) < 4.78 is 0. The van der Waals surface area contributed by atoms with Crippen LogP contribution >= 0.6 is 23.4 Å². The molecule has 2 aromatic rings. The van der Waals surface area contributed by atoms with Crippen molar-refractivity contribution < 1.29 is 0 Å². The average molecular weight is 306 g/mol. The molecule has 0 aliphatic carbocycles. The molecule has 0 spiro atoms. The summed E-state index contributed by atoms with van der Waals surface area (Å²) in [6.07, 6.45) is 0. The molecular weight excluding hydrogens is 286 g/mol. The zero-order chi connectivity index (χ0) is 14.5. The standard InChI is InChI=1S/C17H20ClNS/c1-12-5-4-6-14(9-12)11-20-15-7-8-16(13(2)19-3)17(18)10-15/h4-10,13,19H,11H2,1-3H3. The Morgan fingerprint density at radius 1 is 1.20 bits per heavy atom. The smallest absolute Gasteiger partial charge is 0.0464 e. The van der Waals surface area contributed by atoms with Crippen molar-refractivity contribution in [1.82, 2.24) is 5.32 Å². The summed E-state index contributed by atoms with van der Waals surface area (Å²) in [5.74, 6) is 0.971. The van der Waals surface area contributed by atoms with Gasteiger partial charge in [-0.15, -0.1) is 11.8 Å². The van der Waals surface area contributed by atoms with Crippen LogP contribution in [0.15, 0.2) is 47.4 Å². The van der Waals surface area contributed by atoms with E-state index in [1.54, 1.807) is 0 Å². The maximum absolute atomic E-state index is 6.36. The molecule has 2 aromatic carbocycles. The highest BCUT2D eigenvalue weighted by Gasteiger charge is 2.08. The van der Waals surface area contributed by atoms with Crippen molar-refractivity contribution in [3.63, 3.8) is 0 Å². The maximum Gasteiger partial charge on any atom is 0.0464 e. The first-order valence-corrected chi connectivity index (χ1v) is 8.11. The lowest BCUT2D eigenvalue weighted by Crippen LogP contribution is -2.12. The SMILES string of the molecule is CNC(C)c1ccc(SCc2cccc(C)c2)cc1Cl. The minimum atomic E-state index is 0.276. The number of nitrogens with one attached hydrogen (secondary N) is 1. The Morgan fingerprint density at radius 2 is 2.00 bits per heavy atom. The molecule has 1 unspecified atom stereocenters. The Morgan fingerprint density at radius 3 is 2.65 bits per heavy atom. The highest BCUT2D eigenvalue weighted by Crippen LogP contribution is 2.30. The fraction of sp³-hybridized carbons (Fsp3) is 0.294. The second-order valence-electron chi connectivity index (χ2n) is 4.97. The third kappa shape index (κ3) is 4.02. The van der Waals surface area contributed by atoms with Gasteiger partial charge in [-0.1, -0.05) is 47.5 Å². The summed E-state index contributed by atoms with van der Waals surface area (Å²) in [5.41, 5.74) is 3.80. The zero-order valence-electron chi connectivity index (χ0n) is 12.1. The number of aryl methyl sites for hydroxylation is 1. The Hall–Kier alpha value is -0.960. The van der Waals surface area contributed by atoms with Gasteiger partial charge < -0.3 is 5.32 Å². The van der Waals surface area contributed by atoms with Crippen LogP contribution in [0, 0.1) is 6.92 Å². The first-order chi connectivity index (χ1) is 9.60. The molecule has 1 atom stereocenters. The van der Waals surface area contributed by atoms with Gasteiger partial charge in [0.15, 0.2) is 0 Å². The van der Waals surface area contributed by atoms with Gasteiger partial charge in [0.05, 0.1) is 0 Å².